The minimum Gasteiger partial charge on any atom is -0.454 e. The van der Waals surface area contributed by atoms with Gasteiger partial charge in [0.2, 0.25) is 0 Å². The Balaban J connectivity index is 2.04. The highest BCUT2D eigenvalue weighted by Gasteiger charge is 2.12. The molecule has 0 aromatic heterocycles. The van der Waals surface area contributed by atoms with Crippen molar-refractivity contribution in [3.63, 3.8) is 0 Å². The first kappa shape index (κ1) is 17.7. The van der Waals surface area contributed by atoms with Crippen LogP contribution in [0.3, 0.4) is 0 Å². The topological polar surface area (TPSA) is 61.8 Å². The van der Waals surface area contributed by atoms with E-state index in [0.29, 0.717) is 5.75 Å². The molecule has 6 heteroatoms. The zero-order chi connectivity index (χ0) is 17.5. The van der Waals surface area contributed by atoms with Crippen LogP contribution in [0.1, 0.15) is 12.5 Å². The van der Waals surface area contributed by atoms with Gasteiger partial charge in [0.05, 0.1) is 6.10 Å². The molecule has 2 aromatic rings. The quantitative estimate of drug-likeness (QED) is 0.854. The number of aliphatic hydroxyl groups is 1. The monoisotopic (exact) mass is 332 g/mol. The number of rotatable bonds is 6. The Kier molecular flexibility index (Phi) is 6.14. The molecule has 128 valence electrons. The molecule has 0 aliphatic heterocycles. The maximum atomic E-state index is 13.7. The van der Waals surface area contributed by atoms with Gasteiger partial charge in [-0.05, 0) is 25.1 Å². The van der Waals surface area contributed by atoms with Crippen molar-refractivity contribution in [2.75, 3.05) is 13.6 Å². The largest absolute Gasteiger partial charge is 0.454 e. The van der Waals surface area contributed by atoms with E-state index < -0.39 is 11.9 Å². The van der Waals surface area contributed by atoms with E-state index in [-0.39, 0.29) is 24.9 Å². The minimum atomic E-state index is -0.600. The predicted octanol–water partition coefficient (Wildman–Crippen LogP) is 3.14. The van der Waals surface area contributed by atoms with Gasteiger partial charge in [-0.2, -0.15) is 0 Å². The molecule has 0 bridgehead atoms. The van der Waals surface area contributed by atoms with Gasteiger partial charge >= 0.3 is 6.03 Å². The van der Waals surface area contributed by atoms with E-state index in [2.05, 4.69) is 5.32 Å². The summed E-state index contributed by atoms with van der Waals surface area (Å²) in [6.07, 6.45) is -0.600. The number of aliphatic hydroxyl groups excluding tert-OH is 1. The molecule has 0 saturated heterocycles. The molecule has 0 fully saturated rings. The van der Waals surface area contributed by atoms with Crippen molar-refractivity contribution in [3.8, 4) is 11.5 Å². The maximum absolute atomic E-state index is 13.7. The number of para-hydroxylation sites is 2. The molecular weight excluding hydrogens is 311 g/mol. The Labute approximate surface area is 140 Å². The second kappa shape index (κ2) is 8.31. The fourth-order valence-corrected chi connectivity index (χ4v) is 2.18. The molecule has 2 rings (SSSR count). The fraction of sp³-hybridized carbons (Fsp3) is 0.278. The van der Waals surface area contributed by atoms with Crippen molar-refractivity contribution in [1.29, 1.82) is 0 Å². The zero-order valence-electron chi connectivity index (χ0n) is 13.7. The van der Waals surface area contributed by atoms with Crippen LogP contribution in [0.2, 0.25) is 0 Å². The summed E-state index contributed by atoms with van der Waals surface area (Å²) < 4.78 is 19.3. The third kappa shape index (κ3) is 4.96. The summed E-state index contributed by atoms with van der Waals surface area (Å²) >= 11 is 0. The van der Waals surface area contributed by atoms with Crippen LogP contribution in [0.4, 0.5) is 9.18 Å². The van der Waals surface area contributed by atoms with Gasteiger partial charge in [-0.1, -0.05) is 30.3 Å². The van der Waals surface area contributed by atoms with Crippen molar-refractivity contribution in [3.05, 3.63) is 59.9 Å². The first-order valence-corrected chi connectivity index (χ1v) is 7.64. The van der Waals surface area contributed by atoms with Crippen LogP contribution < -0.4 is 10.1 Å². The lowest BCUT2D eigenvalue weighted by Gasteiger charge is -2.20. The molecule has 0 saturated carbocycles. The molecule has 0 aliphatic carbocycles. The summed E-state index contributed by atoms with van der Waals surface area (Å²) in [4.78, 5) is 13.4. The molecule has 2 aromatic carbocycles. The Morgan fingerprint density at radius 2 is 1.83 bits per heavy atom. The summed E-state index contributed by atoms with van der Waals surface area (Å²) in [6, 6.07) is 12.9. The van der Waals surface area contributed by atoms with Crippen molar-refractivity contribution >= 4 is 6.03 Å². The summed E-state index contributed by atoms with van der Waals surface area (Å²) in [7, 11) is 1.60. The molecule has 24 heavy (non-hydrogen) atoms. The van der Waals surface area contributed by atoms with E-state index >= 15 is 0 Å². The first-order valence-electron chi connectivity index (χ1n) is 7.64. The van der Waals surface area contributed by atoms with E-state index in [4.69, 9.17) is 4.74 Å². The average Bonchev–Trinajstić information content (AvgIpc) is 2.55. The van der Waals surface area contributed by atoms with Crippen LogP contribution >= 0.6 is 0 Å². The van der Waals surface area contributed by atoms with E-state index in [1.807, 2.05) is 6.07 Å². The lowest BCUT2D eigenvalue weighted by atomic mass is 10.2. The number of carbonyl (C=O) groups excluding carboxylic acids is 1. The fourth-order valence-electron chi connectivity index (χ4n) is 2.18. The summed E-state index contributed by atoms with van der Waals surface area (Å²) in [5.41, 5.74) is 0.722. The molecule has 2 N–H and O–H groups in total. The zero-order valence-corrected chi connectivity index (χ0v) is 13.7. The van der Waals surface area contributed by atoms with E-state index in [9.17, 15) is 14.3 Å². The van der Waals surface area contributed by atoms with Gasteiger partial charge in [0, 0.05) is 25.7 Å². The number of nitrogens with one attached hydrogen (secondary N) is 1. The highest BCUT2D eigenvalue weighted by Crippen LogP contribution is 2.27. The third-order valence-corrected chi connectivity index (χ3v) is 3.34. The SMILES string of the molecule is CC(O)CN(C)C(=O)NCc1ccccc1Oc1ccccc1F. The number of nitrogens with zero attached hydrogens (tertiary/aromatic N) is 1. The molecule has 0 spiro atoms. The minimum absolute atomic E-state index is 0.127. The van der Waals surface area contributed by atoms with Gasteiger partial charge in [0.15, 0.2) is 11.6 Å². The van der Waals surface area contributed by atoms with Crippen LogP contribution in [-0.4, -0.2) is 35.7 Å². The van der Waals surface area contributed by atoms with Crippen molar-refractivity contribution in [2.24, 2.45) is 0 Å². The summed E-state index contributed by atoms with van der Waals surface area (Å²) in [6.45, 7) is 2.08. The number of hydrogen-bond donors (Lipinski definition) is 2. The second-order valence-corrected chi connectivity index (χ2v) is 5.53. The van der Waals surface area contributed by atoms with Crippen LogP contribution in [0.15, 0.2) is 48.5 Å². The number of ether oxygens (including phenoxy) is 1. The predicted molar refractivity (Wildman–Crippen MR) is 89.5 cm³/mol. The van der Waals surface area contributed by atoms with Crippen LogP contribution in [-0.2, 0) is 6.54 Å². The third-order valence-electron chi connectivity index (χ3n) is 3.34. The molecule has 5 nitrogen and oxygen atoms in total. The van der Waals surface area contributed by atoms with Crippen LogP contribution in [0, 0.1) is 5.82 Å². The standard InChI is InChI=1S/C18H21FN2O3/c1-13(22)12-21(2)18(23)20-11-14-7-3-5-9-16(14)24-17-10-6-4-8-15(17)19/h3-10,13,22H,11-12H2,1-2H3,(H,20,23). The molecular formula is C18H21FN2O3. The Hall–Kier alpha value is -2.60. The lowest BCUT2D eigenvalue weighted by Crippen LogP contribution is -2.40. The number of urea groups is 1. The smallest absolute Gasteiger partial charge is 0.317 e. The summed E-state index contributed by atoms with van der Waals surface area (Å²) in [5.74, 6) is 0.150. The van der Waals surface area contributed by atoms with Gasteiger partial charge in [-0.3, -0.25) is 0 Å². The van der Waals surface area contributed by atoms with Gasteiger partial charge < -0.3 is 20.1 Å². The second-order valence-electron chi connectivity index (χ2n) is 5.53. The molecule has 0 radical (unpaired) electrons. The highest BCUT2D eigenvalue weighted by atomic mass is 19.1. The number of carbonyl (C=O) groups is 1. The van der Waals surface area contributed by atoms with Crippen molar-refractivity contribution in [2.45, 2.75) is 19.6 Å². The van der Waals surface area contributed by atoms with E-state index in [1.165, 1.54) is 11.0 Å². The number of hydrogen-bond acceptors (Lipinski definition) is 3. The Bertz CT molecular complexity index is 691. The van der Waals surface area contributed by atoms with Gasteiger partial charge in [0.25, 0.3) is 0 Å². The van der Waals surface area contributed by atoms with E-state index in [0.717, 1.165) is 5.56 Å². The van der Waals surface area contributed by atoms with Gasteiger partial charge in [0.1, 0.15) is 5.75 Å². The number of halogens is 1. The molecule has 1 unspecified atom stereocenters. The maximum Gasteiger partial charge on any atom is 0.317 e. The van der Waals surface area contributed by atoms with Gasteiger partial charge in [-0.25, -0.2) is 9.18 Å². The normalized spacial score (nSPS) is 11.7. The molecule has 0 aliphatic rings. The van der Waals surface area contributed by atoms with Gasteiger partial charge in [-0.15, -0.1) is 0 Å². The number of likely N-dealkylation sites (N-methyl/N-ethyl adjacent to an activating group) is 1. The van der Waals surface area contributed by atoms with Crippen LogP contribution in [0.25, 0.3) is 0 Å². The van der Waals surface area contributed by atoms with Crippen molar-refractivity contribution in [1.82, 2.24) is 10.2 Å². The summed E-state index contributed by atoms with van der Waals surface area (Å²) in [5, 5.41) is 12.1. The Morgan fingerprint density at radius 1 is 1.21 bits per heavy atom. The Morgan fingerprint density at radius 3 is 2.50 bits per heavy atom. The molecule has 2 amide bonds. The van der Waals surface area contributed by atoms with Crippen molar-refractivity contribution < 1.29 is 19.0 Å². The first-order chi connectivity index (χ1) is 11.5. The number of benzene rings is 2. The van der Waals surface area contributed by atoms with Crippen LogP contribution in [0.5, 0.6) is 11.5 Å². The average molecular weight is 332 g/mol. The molecule has 0 heterocycles. The highest BCUT2D eigenvalue weighted by molar-refractivity contribution is 5.74. The number of amides is 2. The lowest BCUT2D eigenvalue weighted by molar-refractivity contribution is 0.143. The molecule has 1 atom stereocenters. The van der Waals surface area contributed by atoms with E-state index in [1.54, 1.807) is 50.4 Å².